The lowest BCUT2D eigenvalue weighted by Gasteiger charge is -2.50. The fraction of sp³-hybridized carbons (Fsp3) is 0.500. The largest absolute Gasteiger partial charge is 0.508 e. The molecule has 4 heteroatoms. The van der Waals surface area contributed by atoms with Crippen LogP contribution in [0.1, 0.15) is 63.2 Å². The van der Waals surface area contributed by atoms with Crippen molar-refractivity contribution in [2.45, 2.75) is 63.1 Å². The number of phenolic OH excluding ortho intramolecular Hbond substituents is 1. The molecule has 0 aromatic heterocycles. The Bertz CT molecular complexity index is 939. The Morgan fingerprint density at radius 3 is 2.58 bits per heavy atom. The summed E-state index contributed by atoms with van der Waals surface area (Å²) in [6.07, 6.45) is 3.71. The van der Waals surface area contributed by atoms with Gasteiger partial charge >= 0.3 is 5.97 Å². The van der Waals surface area contributed by atoms with Crippen LogP contribution in [0.5, 0.6) is 5.75 Å². The summed E-state index contributed by atoms with van der Waals surface area (Å²) in [5.41, 5.74) is 1.46. The van der Waals surface area contributed by atoms with Gasteiger partial charge in [-0.1, -0.05) is 25.1 Å². The molecule has 3 aliphatic rings. The van der Waals surface area contributed by atoms with E-state index < -0.39 is 11.7 Å². The lowest BCUT2D eigenvalue weighted by Crippen LogP contribution is -2.50. The molecule has 0 heterocycles. The van der Waals surface area contributed by atoms with Gasteiger partial charge in [-0.05, 0) is 66.1 Å². The van der Waals surface area contributed by atoms with Crippen molar-refractivity contribution < 1.29 is 19.7 Å². The first-order valence-corrected chi connectivity index (χ1v) is 9.46. The van der Waals surface area contributed by atoms with Crippen LogP contribution in [-0.2, 0) is 14.9 Å². The smallest absolute Gasteiger partial charge is 0.303 e. The molecule has 26 heavy (non-hydrogen) atoms. The van der Waals surface area contributed by atoms with Gasteiger partial charge in [0, 0.05) is 17.8 Å². The summed E-state index contributed by atoms with van der Waals surface area (Å²) >= 11 is 0. The molecule has 2 N–H and O–H groups in total. The Hall–Kier alpha value is -2.07. The van der Waals surface area contributed by atoms with E-state index in [4.69, 9.17) is 4.74 Å². The van der Waals surface area contributed by atoms with Crippen molar-refractivity contribution in [2.24, 2.45) is 5.41 Å². The average molecular weight is 352 g/mol. The Balaban J connectivity index is 1.76. The van der Waals surface area contributed by atoms with Crippen LogP contribution in [0.2, 0.25) is 0 Å². The quantitative estimate of drug-likeness (QED) is 0.758. The average Bonchev–Trinajstić information content (AvgIpc) is 2.96. The normalized spacial score (nSPS) is 37.4. The summed E-state index contributed by atoms with van der Waals surface area (Å²) in [6.45, 7) is 3.70. The predicted molar refractivity (Wildman–Crippen MR) is 97.9 cm³/mol. The van der Waals surface area contributed by atoms with Gasteiger partial charge in [0.25, 0.3) is 0 Å². The predicted octanol–water partition coefficient (Wildman–Crippen LogP) is 4.12. The number of aliphatic hydroxyl groups excluding tert-OH is 1. The van der Waals surface area contributed by atoms with Crippen LogP contribution < -0.4 is 0 Å². The second-order valence-corrected chi connectivity index (χ2v) is 8.65. The number of carbonyl (C=O) groups excluding carboxylic acids is 1. The van der Waals surface area contributed by atoms with Gasteiger partial charge in [-0.2, -0.15) is 0 Å². The van der Waals surface area contributed by atoms with Crippen molar-refractivity contribution in [2.75, 3.05) is 0 Å². The summed E-state index contributed by atoms with van der Waals surface area (Å²) in [6, 6.07) is 9.53. The van der Waals surface area contributed by atoms with Crippen LogP contribution in [0.25, 0.3) is 10.8 Å². The summed E-state index contributed by atoms with van der Waals surface area (Å²) in [4.78, 5) is 11.8. The highest BCUT2D eigenvalue weighted by Crippen LogP contribution is 2.74. The van der Waals surface area contributed by atoms with Crippen molar-refractivity contribution in [1.82, 2.24) is 0 Å². The minimum absolute atomic E-state index is 0.0525. The van der Waals surface area contributed by atoms with Crippen LogP contribution >= 0.6 is 0 Å². The highest BCUT2D eigenvalue weighted by Gasteiger charge is 2.74. The number of phenols is 1. The molecule has 136 valence electrons. The van der Waals surface area contributed by atoms with Gasteiger partial charge in [-0.15, -0.1) is 0 Å². The summed E-state index contributed by atoms with van der Waals surface area (Å²) in [5, 5.41) is 22.9. The minimum atomic E-state index is -0.595. The summed E-state index contributed by atoms with van der Waals surface area (Å²) in [7, 11) is 0. The third-order valence-electron chi connectivity index (χ3n) is 7.81. The number of rotatable bonds is 1. The van der Waals surface area contributed by atoms with E-state index in [1.54, 1.807) is 12.1 Å². The molecule has 0 saturated heterocycles. The van der Waals surface area contributed by atoms with Crippen molar-refractivity contribution in [3.63, 3.8) is 0 Å². The summed E-state index contributed by atoms with van der Waals surface area (Å²) < 4.78 is 5.94. The molecule has 3 aliphatic carbocycles. The number of hydrogen-bond donors (Lipinski definition) is 2. The molecule has 2 fully saturated rings. The number of hydrogen-bond acceptors (Lipinski definition) is 4. The Morgan fingerprint density at radius 2 is 1.88 bits per heavy atom. The molecule has 0 unspecified atom stereocenters. The van der Waals surface area contributed by atoms with Crippen molar-refractivity contribution in [3.8, 4) is 5.75 Å². The van der Waals surface area contributed by atoms with Gasteiger partial charge in [0.15, 0.2) is 0 Å². The summed E-state index contributed by atoms with van der Waals surface area (Å²) in [5.74, 6) is 0.0135. The SMILES string of the molecule is CC(=O)OC12CCC3(CC1)c1ccc4cc(O)ccc4c1[C@H](O)C[C@]23C. The second-order valence-electron chi connectivity index (χ2n) is 8.65. The molecule has 2 saturated carbocycles. The van der Waals surface area contributed by atoms with Gasteiger partial charge in [0.2, 0.25) is 0 Å². The first kappa shape index (κ1) is 16.1. The maximum atomic E-state index is 11.8. The van der Waals surface area contributed by atoms with Crippen LogP contribution in [0.15, 0.2) is 30.3 Å². The van der Waals surface area contributed by atoms with Gasteiger partial charge in [0.1, 0.15) is 11.4 Å². The number of aromatic hydroxyl groups is 1. The van der Waals surface area contributed by atoms with Gasteiger partial charge < -0.3 is 14.9 Å². The maximum Gasteiger partial charge on any atom is 0.303 e. The molecular formula is C22H24O4. The first-order valence-electron chi connectivity index (χ1n) is 9.46. The Morgan fingerprint density at radius 1 is 1.15 bits per heavy atom. The molecule has 0 aliphatic heterocycles. The fourth-order valence-electron chi connectivity index (χ4n) is 6.66. The molecular weight excluding hydrogens is 328 g/mol. The van der Waals surface area contributed by atoms with Crippen LogP contribution in [0, 0.1) is 5.41 Å². The molecule has 2 atom stereocenters. The van der Waals surface area contributed by atoms with Crippen molar-refractivity contribution in [3.05, 3.63) is 41.5 Å². The van der Waals surface area contributed by atoms with Crippen LogP contribution in [-0.4, -0.2) is 21.8 Å². The Labute approximate surface area is 152 Å². The Kier molecular flexibility index (Phi) is 2.98. The van der Waals surface area contributed by atoms with E-state index in [9.17, 15) is 15.0 Å². The standard InChI is InChI=1S/C22H24O4/c1-13(23)26-22-9-7-21(8-10-22)17-6-3-14-11-15(24)4-5-16(14)19(17)18(25)12-20(21,22)2/h3-6,11,18,24-25H,7-10,12H2,1-2H3/t18-,20+,21?,22?/m1/s1. The minimum Gasteiger partial charge on any atom is -0.508 e. The number of ether oxygens (including phenoxy) is 1. The van der Waals surface area contributed by atoms with Gasteiger partial charge in [-0.3, -0.25) is 4.79 Å². The van der Waals surface area contributed by atoms with Crippen molar-refractivity contribution >= 4 is 16.7 Å². The van der Waals surface area contributed by atoms with E-state index in [1.165, 1.54) is 12.5 Å². The number of aliphatic hydroxyl groups is 1. The highest BCUT2D eigenvalue weighted by molar-refractivity contribution is 5.89. The van der Waals surface area contributed by atoms with E-state index in [0.717, 1.165) is 42.0 Å². The topological polar surface area (TPSA) is 66.8 Å². The lowest BCUT2D eigenvalue weighted by atomic mass is 9.55. The van der Waals surface area contributed by atoms with Gasteiger partial charge in [-0.25, -0.2) is 0 Å². The third-order valence-corrected chi connectivity index (χ3v) is 7.81. The maximum absolute atomic E-state index is 11.8. The number of benzene rings is 2. The lowest BCUT2D eigenvalue weighted by molar-refractivity contribution is -0.170. The zero-order chi connectivity index (χ0) is 18.3. The zero-order valence-electron chi connectivity index (χ0n) is 15.2. The van der Waals surface area contributed by atoms with Crippen molar-refractivity contribution in [1.29, 1.82) is 0 Å². The third kappa shape index (κ3) is 1.67. The molecule has 0 spiro atoms. The molecule has 0 radical (unpaired) electrons. The number of fused-ring (bicyclic) bond motifs is 3. The highest BCUT2D eigenvalue weighted by atomic mass is 16.6. The fourth-order valence-corrected chi connectivity index (χ4v) is 6.66. The van der Waals surface area contributed by atoms with Gasteiger partial charge in [0.05, 0.1) is 6.10 Å². The first-order chi connectivity index (χ1) is 12.3. The van der Waals surface area contributed by atoms with E-state index >= 15 is 0 Å². The number of carbonyl (C=O) groups is 1. The molecule has 2 aromatic rings. The zero-order valence-corrected chi connectivity index (χ0v) is 15.2. The molecule has 0 amide bonds. The molecule has 4 nitrogen and oxygen atoms in total. The van der Waals surface area contributed by atoms with Crippen LogP contribution in [0.3, 0.4) is 0 Å². The monoisotopic (exact) mass is 352 g/mol. The van der Waals surface area contributed by atoms with Crippen LogP contribution in [0.4, 0.5) is 0 Å². The van der Waals surface area contributed by atoms with E-state index in [1.807, 2.05) is 12.1 Å². The van der Waals surface area contributed by atoms with E-state index in [-0.39, 0.29) is 22.5 Å². The molecule has 5 rings (SSSR count). The number of esters is 1. The van der Waals surface area contributed by atoms with E-state index in [2.05, 4.69) is 13.0 Å². The molecule has 2 bridgehead atoms. The second kappa shape index (κ2) is 4.80. The molecule has 2 aromatic carbocycles. The van der Waals surface area contributed by atoms with E-state index in [0.29, 0.717) is 6.42 Å².